The van der Waals surface area contributed by atoms with Crippen LogP contribution in [-0.4, -0.2) is 13.2 Å². The van der Waals surface area contributed by atoms with E-state index in [0.29, 0.717) is 5.92 Å². The fourth-order valence-corrected chi connectivity index (χ4v) is 2.49. The van der Waals surface area contributed by atoms with Crippen LogP contribution in [0.5, 0.6) is 0 Å². The van der Waals surface area contributed by atoms with Gasteiger partial charge in [0.2, 0.25) is 0 Å². The van der Waals surface area contributed by atoms with Gasteiger partial charge in [-0.05, 0) is 36.6 Å². The summed E-state index contributed by atoms with van der Waals surface area (Å²) in [4.78, 5) is 0. The summed E-state index contributed by atoms with van der Waals surface area (Å²) in [5, 5.41) is 0. The van der Waals surface area contributed by atoms with Gasteiger partial charge in [0, 0.05) is 22.7 Å². The first kappa shape index (κ1) is 9.99. The quantitative estimate of drug-likeness (QED) is 0.784. The van der Waals surface area contributed by atoms with Gasteiger partial charge in [0.25, 0.3) is 0 Å². The van der Waals surface area contributed by atoms with E-state index in [4.69, 9.17) is 10.5 Å². The van der Waals surface area contributed by atoms with Gasteiger partial charge >= 0.3 is 0 Å². The summed E-state index contributed by atoms with van der Waals surface area (Å²) in [6, 6.07) is 4.16. The van der Waals surface area contributed by atoms with E-state index in [9.17, 15) is 0 Å². The topological polar surface area (TPSA) is 35.2 Å². The van der Waals surface area contributed by atoms with E-state index in [2.05, 4.69) is 28.1 Å². The molecule has 0 bridgehead atoms. The first-order chi connectivity index (χ1) is 6.68. The van der Waals surface area contributed by atoms with Crippen LogP contribution < -0.4 is 5.73 Å². The predicted molar refractivity (Wildman–Crippen MR) is 61.5 cm³/mol. The molecule has 1 heterocycles. The van der Waals surface area contributed by atoms with Crippen LogP contribution in [0.25, 0.3) is 0 Å². The number of nitrogen functional groups attached to an aromatic ring is 1. The molecular weight excluding hydrogens is 242 g/mol. The lowest BCUT2D eigenvalue weighted by atomic mass is 9.95. The Balaban J connectivity index is 2.40. The van der Waals surface area contributed by atoms with Crippen molar-refractivity contribution >= 4 is 21.6 Å². The lowest BCUT2D eigenvalue weighted by Gasteiger charge is -2.14. The lowest BCUT2D eigenvalue weighted by Crippen LogP contribution is -2.04. The minimum atomic E-state index is 0.478. The van der Waals surface area contributed by atoms with E-state index < -0.39 is 0 Å². The van der Waals surface area contributed by atoms with E-state index in [0.717, 1.165) is 35.4 Å². The maximum absolute atomic E-state index is 6.05. The fourth-order valence-electron chi connectivity index (χ4n) is 1.90. The van der Waals surface area contributed by atoms with Gasteiger partial charge in [0.15, 0.2) is 0 Å². The molecule has 2 N–H and O–H groups in total. The number of hydrogen-bond acceptors (Lipinski definition) is 2. The summed E-state index contributed by atoms with van der Waals surface area (Å²) in [5.41, 5.74) is 9.35. The first-order valence-corrected chi connectivity index (χ1v) is 5.61. The van der Waals surface area contributed by atoms with Gasteiger partial charge in [-0.25, -0.2) is 0 Å². The molecule has 1 aromatic carbocycles. The first-order valence-electron chi connectivity index (χ1n) is 4.81. The van der Waals surface area contributed by atoms with Crippen LogP contribution in [0.3, 0.4) is 0 Å². The summed E-state index contributed by atoms with van der Waals surface area (Å²) in [5.74, 6) is 0.478. The number of hydrogen-bond donors (Lipinski definition) is 1. The number of anilines is 1. The Labute approximate surface area is 92.6 Å². The second-order valence-electron chi connectivity index (χ2n) is 3.79. The second-order valence-corrected chi connectivity index (χ2v) is 4.70. The summed E-state index contributed by atoms with van der Waals surface area (Å²) in [6.45, 7) is 3.70. The van der Waals surface area contributed by atoms with Crippen LogP contribution in [0, 0.1) is 6.92 Å². The Hall–Kier alpha value is -0.540. The number of aryl methyl sites for hydroxylation is 1. The standard InChI is InChI=1S/C11H14BrNO/c1-7-4-9(12)5-10(11(7)13)8-2-3-14-6-8/h4-5,8H,2-3,6,13H2,1H3. The molecule has 3 heteroatoms. The zero-order valence-corrected chi connectivity index (χ0v) is 9.80. The number of ether oxygens (including phenoxy) is 1. The molecule has 2 nitrogen and oxygen atoms in total. The molecule has 0 aromatic heterocycles. The molecule has 14 heavy (non-hydrogen) atoms. The van der Waals surface area contributed by atoms with Crippen molar-refractivity contribution in [2.24, 2.45) is 0 Å². The molecule has 1 aliphatic heterocycles. The van der Waals surface area contributed by atoms with Crippen molar-refractivity contribution < 1.29 is 4.74 Å². The van der Waals surface area contributed by atoms with Crippen molar-refractivity contribution in [3.8, 4) is 0 Å². The molecule has 76 valence electrons. The van der Waals surface area contributed by atoms with Crippen LogP contribution in [-0.2, 0) is 4.74 Å². The van der Waals surface area contributed by atoms with Crippen molar-refractivity contribution in [3.63, 3.8) is 0 Å². The highest BCUT2D eigenvalue weighted by Crippen LogP contribution is 2.33. The van der Waals surface area contributed by atoms with Gasteiger partial charge in [-0.15, -0.1) is 0 Å². The third kappa shape index (κ3) is 1.79. The van der Waals surface area contributed by atoms with Gasteiger partial charge in [0.05, 0.1) is 6.61 Å². The number of rotatable bonds is 1. The van der Waals surface area contributed by atoms with Gasteiger partial charge < -0.3 is 10.5 Å². The largest absolute Gasteiger partial charge is 0.398 e. The van der Waals surface area contributed by atoms with Crippen molar-refractivity contribution in [1.82, 2.24) is 0 Å². The molecule has 1 unspecified atom stereocenters. The SMILES string of the molecule is Cc1cc(Br)cc(C2CCOC2)c1N. The Morgan fingerprint density at radius 2 is 2.29 bits per heavy atom. The summed E-state index contributed by atoms with van der Waals surface area (Å²) in [7, 11) is 0. The van der Waals surface area contributed by atoms with E-state index >= 15 is 0 Å². The molecule has 0 radical (unpaired) electrons. The minimum Gasteiger partial charge on any atom is -0.398 e. The average Bonchev–Trinajstić information content (AvgIpc) is 2.63. The normalized spacial score (nSPS) is 21.4. The highest BCUT2D eigenvalue weighted by atomic mass is 79.9. The molecule has 1 saturated heterocycles. The maximum Gasteiger partial charge on any atom is 0.0536 e. The molecule has 0 amide bonds. The van der Waals surface area contributed by atoms with Crippen LogP contribution >= 0.6 is 15.9 Å². The summed E-state index contributed by atoms with van der Waals surface area (Å²) >= 11 is 3.50. The molecular formula is C11H14BrNO. The van der Waals surface area contributed by atoms with Crippen LogP contribution in [0.1, 0.15) is 23.5 Å². The number of benzene rings is 1. The van der Waals surface area contributed by atoms with Gasteiger partial charge in [-0.2, -0.15) is 0 Å². The average molecular weight is 256 g/mol. The Bertz CT molecular complexity index is 345. The van der Waals surface area contributed by atoms with Crippen molar-refractivity contribution in [2.45, 2.75) is 19.3 Å². The highest BCUT2D eigenvalue weighted by molar-refractivity contribution is 9.10. The van der Waals surface area contributed by atoms with Gasteiger partial charge in [-0.3, -0.25) is 0 Å². The minimum absolute atomic E-state index is 0.478. The second kappa shape index (κ2) is 3.91. The smallest absolute Gasteiger partial charge is 0.0536 e. The molecule has 0 spiro atoms. The molecule has 2 rings (SSSR count). The van der Waals surface area contributed by atoms with Crippen molar-refractivity contribution in [2.75, 3.05) is 18.9 Å². The molecule has 0 aliphatic carbocycles. The molecule has 1 fully saturated rings. The maximum atomic E-state index is 6.05. The Kier molecular flexibility index (Phi) is 2.79. The summed E-state index contributed by atoms with van der Waals surface area (Å²) < 4.78 is 6.48. The zero-order valence-electron chi connectivity index (χ0n) is 8.22. The van der Waals surface area contributed by atoms with E-state index in [-0.39, 0.29) is 0 Å². The molecule has 1 atom stereocenters. The Morgan fingerprint density at radius 1 is 1.50 bits per heavy atom. The van der Waals surface area contributed by atoms with Crippen LogP contribution in [0.2, 0.25) is 0 Å². The molecule has 1 aromatic rings. The van der Waals surface area contributed by atoms with Crippen molar-refractivity contribution in [1.29, 1.82) is 0 Å². The lowest BCUT2D eigenvalue weighted by molar-refractivity contribution is 0.194. The third-order valence-corrected chi connectivity index (χ3v) is 3.21. The third-order valence-electron chi connectivity index (χ3n) is 2.75. The molecule has 1 aliphatic rings. The van der Waals surface area contributed by atoms with E-state index in [1.54, 1.807) is 0 Å². The number of halogens is 1. The van der Waals surface area contributed by atoms with Crippen molar-refractivity contribution in [3.05, 3.63) is 27.7 Å². The van der Waals surface area contributed by atoms with E-state index in [1.165, 1.54) is 5.56 Å². The fraction of sp³-hybridized carbons (Fsp3) is 0.455. The Morgan fingerprint density at radius 3 is 2.93 bits per heavy atom. The van der Waals surface area contributed by atoms with Crippen LogP contribution in [0.4, 0.5) is 5.69 Å². The van der Waals surface area contributed by atoms with Gasteiger partial charge in [0.1, 0.15) is 0 Å². The van der Waals surface area contributed by atoms with E-state index in [1.807, 2.05) is 6.92 Å². The predicted octanol–water partition coefficient (Wildman–Crippen LogP) is 2.84. The highest BCUT2D eigenvalue weighted by Gasteiger charge is 2.20. The number of nitrogens with two attached hydrogens (primary N) is 1. The zero-order chi connectivity index (χ0) is 10.1. The van der Waals surface area contributed by atoms with Crippen LogP contribution in [0.15, 0.2) is 16.6 Å². The molecule has 0 saturated carbocycles. The van der Waals surface area contributed by atoms with Gasteiger partial charge in [-0.1, -0.05) is 15.9 Å². The monoisotopic (exact) mass is 255 g/mol. The summed E-state index contributed by atoms with van der Waals surface area (Å²) in [6.07, 6.45) is 1.08.